The van der Waals surface area contributed by atoms with Crippen molar-refractivity contribution in [3.05, 3.63) is 40.3 Å². The van der Waals surface area contributed by atoms with Gasteiger partial charge in [-0.3, -0.25) is 24.5 Å². The highest BCUT2D eigenvalue weighted by Crippen LogP contribution is 2.22. The number of H-pyrrole nitrogens is 2. The van der Waals surface area contributed by atoms with Crippen LogP contribution in [0.4, 0.5) is 17.5 Å². The van der Waals surface area contributed by atoms with Gasteiger partial charge in [0.2, 0.25) is 11.9 Å². The van der Waals surface area contributed by atoms with Crippen molar-refractivity contribution in [2.75, 3.05) is 10.6 Å². The average Bonchev–Trinajstić information content (AvgIpc) is 3.06. The predicted molar refractivity (Wildman–Crippen MR) is 104 cm³/mol. The number of rotatable bonds is 7. The van der Waals surface area contributed by atoms with Crippen LogP contribution in [0.2, 0.25) is 0 Å². The van der Waals surface area contributed by atoms with E-state index in [0.717, 1.165) is 10.9 Å². The van der Waals surface area contributed by atoms with Crippen LogP contribution >= 0.6 is 0 Å². The number of primary amides is 2. The lowest BCUT2D eigenvalue weighted by molar-refractivity contribution is -0.119. The Hall–Kier alpha value is -3.89. The number of carbonyl (C=O) groups excluding carboxylic acids is 2. The highest BCUT2D eigenvalue weighted by molar-refractivity contribution is 5.98. The van der Waals surface area contributed by atoms with Crippen LogP contribution in [0.15, 0.2) is 29.2 Å². The Morgan fingerprint density at radius 3 is 2.61 bits per heavy atom. The van der Waals surface area contributed by atoms with Crippen LogP contribution in [-0.2, 0) is 4.79 Å². The molecule has 0 saturated carbocycles. The van der Waals surface area contributed by atoms with Gasteiger partial charge in [-0.2, -0.15) is 10.1 Å². The zero-order chi connectivity index (χ0) is 20.4. The molecule has 1 aromatic carbocycles. The largest absolute Gasteiger partial charge is 0.368 e. The molecule has 0 radical (unpaired) electrons. The maximum atomic E-state index is 12.4. The molecule has 28 heavy (non-hydrogen) atoms. The first-order chi connectivity index (χ1) is 13.3. The SMILES string of the molecule is CC(C)C(Nc1nc(Nc2ccc3[nH]ncc3c2)c(C(N)=O)c(=O)[nH]1)C(N)=O. The van der Waals surface area contributed by atoms with Crippen LogP contribution in [0.3, 0.4) is 0 Å². The second kappa shape index (κ2) is 7.39. The molecule has 2 heterocycles. The maximum Gasteiger partial charge on any atom is 0.267 e. The Bertz CT molecular complexity index is 1100. The van der Waals surface area contributed by atoms with E-state index in [9.17, 15) is 14.4 Å². The molecular weight excluding hydrogens is 364 g/mol. The van der Waals surface area contributed by atoms with E-state index in [2.05, 4.69) is 30.8 Å². The zero-order valence-corrected chi connectivity index (χ0v) is 15.2. The number of aromatic amines is 2. The van der Waals surface area contributed by atoms with Crippen molar-refractivity contribution >= 4 is 40.2 Å². The van der Waals surface area contributed by atoms with Crippen molar-refractivity contribution in [3.63, 3.8) is 0 Å². The monoisotopic (exact) mass is 384 g/mol. The van der Waals surface area contributed by atoms with Crippen LogP contribution in [0.25, 0.3) is 10.9 Å². The molecule has 1 atom stereocenters. The van der Waals surface area contributed by atoms with Crippen molar-refractivity contribution in [3.8, 4) is 0 Å². The van der Waals surface area contributed by atoms with Crippen molar-refractivity contribution in [2.45, 2.75) is 19.9 Å². The van der Waals surface area contributed by atoms with E-state index in [4.69, 9.17) is 11.5 Å². The molecule has 3 rings (SSSR count). The Morgan fingerprint density at radius 2 is 1.96 bits per heavy atom. The van der Waals surface area contributed by atoms with Gasteiger partial charge in [0.15, 0.2) is 5.82 Å². The molecule has 1 unspecified atom stereocenters. The summed E-state index contributed by atoms with van der Waals surface area (Å²) in [5.41, 5.74) is 11.0. The fourth-order valence-corrected chi connectivity index (χ4v) is 2.73. The number of hydrogen-bond donors (Lipinski definition) is 6. The molecule has 0 bridgehead atoms. The van der Waals surface area contributed by atoms with E-state index in [-0.39, 0.29) is 23.2 Å². The number of nitrogens with zero attached hydrogens (tertiary/aromatic N) is 2. The van der Waals surface area contributed by atoms with E-state index < -0.39 is 23.4 Å². The third kappa shape index (κ3) is 3.77. The smallest absolute Gasteiger partial charge is 0.267 e. The fraction of sp³-hybridized carbons (Fsp3) is 0.235. The van der Waals surface area contributed by atoms with Crippen LogP contribution in [-0.4, -0.2) is 38.0 Å². The molecule has 0 aliphatic heterocycles. The number of amides is 2. The predicted octanol–water partition coefficient (Wildman–Crippen LogP) is 0.411. The van der Waals surface area contributed by atoms with Gasteiger partial charge in [0.25, 0.3) is 11.5 Å². The molecule has 146 valence electrons. The normalized spacial score (nSPS) is 12.1. The number of fused-ring (bicyclic) bond motifs is 1. The zero-order valence-electron chi connectivity index (χ0n) is 15.2. The van der Waals surface area contributed by atoms with Gasteiger partial charge in [-0.25, -0.2) is 0 Å². The van der Waals surface area contributed by atoms with E-state index in [1.165, 1.54) is 0 Å². The Labute approximate surface area is 158 Å². The highest BCUT2D eigenvalue weighted by Gasteiger charge is 2.22. The van der Waals surface area contributed by atoms with Crippen molar-refractivity contribution in [1.29, 1.82) is 0 Å². The van der Waals surface area contributed by atoms with Crippen molar-refractivity contribution in [2.24, 2.45) is 17.4 Å². The quantitative estimate of drug-likeness (QED) is 0.340. The van der Waals surface area contributed by atoms with E-state index in [1.807, 2.05) is 0 Å². The summed E-state index contributed by atoms with van der Waals surface area (Å²) in [6, 6.07) is 4.50. The second-order valence-electron chi connectivity index (χ2n) is 6.57. The number of anilines is 3. The minimum atomic E-state index is -0.942. The lowest BCUT2D eigenvalue weighted by atomic mass is 10.0. The van der Waals surface area contributed by atoms with Gasteiger partial charge in [0.1, 0.15) is 11.6 Å². The lowest BCUT2D eigenvalue weighted by Crippen LogP contribution is -2.40. The number of benzene rings is 1. The Morgan fingerprint density at radius 1 is 1.21 bits per heavy atom. The first kappa shape index (κ1) is 18.9. The molecule has 2 aromatic heterocycles. The summed E-state index contributed by atoms with van der Waals surface area (Å²) in [7, 11) is 0. The van der Waals surface area contributed by atoms with Gasteiger partial charge in [-0.1, -0.05) is 13.8 Å². The third-order valence-electron chi connectivity index (χ3n) is 4.13. The first-order valence-electron chi connectivity index (χ1n) is 8.46. The fourth-order valence-electron chi connectivity index (χ4n) is 2.73. The minimum Gasteiger partial charge on any atom is -0.368 e. The van der Waals surface area contributed by atoms with E-state index in [0.29, 0.717) is 5.69 Å². The first-order valence-corrected chi connectivity index (χ1v) is 8.46. The minimum absolute atomic E-state index is 0.0145. The summed E-state index contributed by atoms with van der Waals surface area (Å²) in [5, 5.41) is 13.3. The van der Waals surface area contributed by atoms with Gasteiger partial charge in [0, 0.05) is 11.1 Å². The standard InChI is InChI=1S/C17H20N8O3/c1-7(2)12(14(19)27)22-17-23-15(11(13(18)26)16(28)24-17)21-9-3-4-10-8(5-9)6-20-25-10/h3-7,12H,1-2H3,(H2,18,26)(H2,19,27)(H,20,25)(H3,21,22,23,24,28). The molecule has 2 amide bonds. The van der Waals surface area contributed by atoms with E-state index in [1.54, 1.807) is 38.2 Å². The number of nitrogens with two attached hydrogens (primary N) is 2. The maximum absolute atomic E-state index is 12.4. The molecule has 3 aromatic rings. The Balaban J connectivity index is 2.02. The molecule has 0 fully saturated rings. The van der Waals surface area contributed by atoms with Crippen molar-refractivity contribution in [1.82, 2.24) is 20.2 Å². The average molecular weight is 384 g/mol. The molecule has 0 saturated heterocycles. The molecular formula is C17H20N8O3. The molecule has 11 heteroatoms. The van der Waals surface area contributed by atoms with Crippen LogP contribution in [0, 0.1) is 5.92 Å². The van der Waals surface area contributed by atoms with Gasteiger partial charge in [-0.15, -0.1) is 0 Å². The summed E-state index contributed by atoms with van der Waals surface area (Å²) in [4.78, 5) is 42.4. The number of nitrogens with one attached hydrogen (secondary N) is 4. The number of hydrogen-bond acceptors (Lipinski definition) is 7. The lowest BCUT2D eigenvalue weighted by Gasteiger charge is -2.20. The van der Waals surface area contributed by atoms with Gasteiger partial charge in [0.05, 0.1) is 11.7 Å². The highest BCUT2D eigenvalue weighted by atomic mass is 16.2. The van der Waals surface area contributed by atoms with Crippen LogP contribution < -0.4 is 27.7 Å². The van der Waals surface area contributed by atoms with Crippen LogP contribution in [0.5, 0.6) is 0 Å². The van der Waals surface area contributed by atoms with Crippen LogP contribution in [0.1, 0.15) is 24.2 Å². The molecule has 11 nitrogen and oxygen atoms in total. The summed E-state index contributed by atoms with van der Waals surface area (Å²) < 4.78 is 0. The Kier molecular flexibility index (Phi) is 4.98. The summed E-state index contributed by atoms with van der Waals surface area (Å²) in [6.07, 6.45) is 1.63. The van der Waals surface area contributed by atoms with Gasteiger partial charge in [-0.05, 0) is 24.1 Å². The summed E-state index contributed by atoms with van der Waals surface area (Å²) in [5.74, 6) is -1.76. The number of aromatic nitrogens is 4. The van der Waals surface area contributed by atoms with Gasteiger partial charge < -0.3 is 22.1 Å². The molecule has 0 spiro atoms. The summed E-state index contributed by atoms with van der Waals surface area (Å²) in [6.45, 7) is 3.58. The molecule has 8 N–H and O–H groups in total. The number of carbonyl (C=O) groups is 2. The second-order valence-corrected chi connectivity index (χ2v) is 6.57. The molecule has 0 aliphatic rings. The summed E-state index contributed by atoms with van der Waals surface area (Å²) >= 11 is 0. The topological polar surface area (TPSA) is 185 Å². The third-order valence-corrected chi connectivity index (χ3v) is 4.13. The van der Waals surface area contributed by atoms with Gasteiger partial charge >= 0.3 is 0 Å². The van der Waals surface area contributed by atoms with E-state index >= 15 is 0 Å². The molecule has 0 aliphatic carbocycles. The van der Waals surface area contributed by atoms with Crippen molar-refractivity contribution < 1.29 is 9.59 Å².